The molecule has 3 rings (SSSR count). The fourth-order valence-electron chi connectivity index (χ4n) is 6.15. The third-order valence-electron chi connectivity index (χ3n) is 9.03. The average molecular weight is 854 g/mol. The van der Waals surface area contributed by atoms with Gasteiger partial charge in [-0.1, -0.05) is 13.3 Å². The van der Waals surface area contributed by atoms with Crippen LogP contribution in [0.3, 0.4) is 0 Å². The Morgan fingerprint density at radius 3 is 1.07 bits per heavy atom. The number of nitrogens with zero attached hydrogens (tertiary/aromatic N) is 1. The third kappa shape index (κ3) is 11.5. The molecule has 0 aliphatic heterocycles. The number of hydrogen-bond acceptors (Lipinski definition) is 3. The summed E-state index contributed by atoms with van der Waals surface area (Å²) in [5, 5.41) is 0. The van der Waals surface area contributed by atoms with E-state index in [1.54, 1.807) is 0 Å². The van der Waals surface area contributed by atoms with Crippen LogP contribution in [-0.2, 0) is 37.1 Å². The fraction of sp³-hybridized carbons (Fsp3) is 0.471. The fourth-order valence-corrected chi connectivity index (χ4v) is 6.15. The van der Waals surface area contributed by atoms with Gasteiger partial charge >= 0.3 is 44.4 Å². The lowest BCUT2D eigenvalue weighted by atomic mass is 9.89. The zero-order valence-electron chi connectivity index (χ0n) is 29.8. The zero-order valence-corrected chi connectivity index (χ0v) is 29.8. The van der Waals surface area contributed by atoms with Crippen LogP contribution in [-0.4, -0.2) is 31.4 Å². The van der Waals surface area contributed by atoms with Gasteiger partial charge in [0.2, 0.25) is 0 Å². The van der Waals surface area contributed by atoms with Crippen LogP contribution < -0.4 is 14.0 Å². The second-order valence-corrected chi connectivity index (χ2v) is 12.5. The Morgan fingerprint density at radius 2 is 0.789 bits per heavy atom. The molecule has 57 heavy (non-hydrogen) atoms. The molecule has 0 saturated carbocycles. The first-order chi connectivity index (χ1) is 25.8. The largest absolute Gasteiger partial charge is 0.864 e. The van der Waals surface area contributed by atoms with Crippen LogP contribution in [0.25, 0.3) is 0 Å². The van der Waals surface area contributed by atoms with Crippen molar-refractivity contribution < 1.29 is 97.5 Å². The van der Waals surface area contributed by atoms with Gasteiger partial charge in [0.1, 0.15) is 23.3 Å². The highest BCUT2D eigenvalue weighted by molar-refractivity contribution is 6.39. The Morgan fingerprint density at radius 1 is 0.456 bits per heavy atom. The van der Waals surface area contributed by atoms with Crippen LogP contribution in [0.4, 0.5) is 79.0 Å². The Bertz CT molecular complexity index is 1690. The molecule has 0 bridgehead atoms. The van der Waals surface area contributed by atoms with E-state index < -0.39 is 119 Å². The van der Waals surface area contributed by atoms with Crippen LogP contribution >= 0.6 is 0 Å². The highest BCUT2D eigenvalue weighted by atomic mass is 19.4. The molecule has 0 saturated heterocycles. The standard InChI is InChI=1S/C34H31BF18NO3/c1-5-9-26(54(6-2,7-3)8-4)28-25(34(51,52)53)16-22(33(48,49)50)17-27(28)57-35(55-23-12-18(29(36,37)38)10-19(13-23)30(39,40)41)56-24-14-20(31(42,43)44)11-21(15-24)32(45,46)47/h10-17,26H,5-9H2,1-4H3/q+1. The summed E-state index contributed by atoms with van der Waals surface area (Å²) in [6.07, 6.45) is -33.7. The zero-order chi connectivity index (χ0) is 43.7. The van der Waals surface area contributed by atoms with Gasteiger partial charge in [0.05, 0.1) is 58.6 Å². The minimum absolute atomic E-state index is 0.0285. The predicted molar refractivity (Wildman–Crippen MR) is 167 cm³/mol. The van der Waals surface area contributed by atoms with E-state index in [2.05, 4.69) is 0 Å². The summed E-state index contributed by atoms with van der Waals surface area (Å²) in [7, 11) is -3.27. The maximum Gasteiger partial charge on any atom is 0.864 e. The summed E-state index contributed by atoms with van der Waals surface area (Å²) in [6.45, 7) is 6.16. The van der Waals surface area contributed by atoms with Crippen molar-refractivity contribution in [3.63, 3.8) is 0 Å². The van der Waals surface area contributed by atoms with E-state index in [0.717, 1.165) is 0 Å². The van der Waals surface area contributed by atoms with Crippen molar-refractivity contribution in [1.29, 1.82) is 0 Å². The first-order valence-corrected chi connectivity index (χ1v) is 16.6. The molecule has 3 aromatic carbocycles. The maximum absolute atomic E-state index is 14.8. The minimum atomic E-state index is -5.63. The summed E-state index contributed by atoms with van der Waals surface area (Å²) >= 11 is 0. The van der Waals surface area contributed by atoms with Gasteiger partial charge in [0.25, 0.3) is 0 Å². The van der Waals surface area contributed by atoms with Crippen molar-refractivity contribution in [2.45, 2.75) is 83.6 Å². The second-order valence-electron chi connectivity index (χ2n) is 12.5. The smallest absolute Gasteiger partial charge is 0.490 e. The quantitative estimate of drug-likeness (QED) is 0.0974. The Hall–Kier alpha value is -4.18. The van der Waals surface area contributed by atoms with E-state index in [0.29, 0.717) is 0 Å². The minimum Gasteiger partial charge on any atom is -0.490 e. The van der Waals surface area contributed by atoms with Crippen molar-refractivity contribution >= 4 is 7.32 Å². The van der Waals surface area contributed by atoms with Gasteiger partial charge in [-0.2, -0.15) is 79.0 Å². The first-order valence-electron chi connectivity index (χ1n) is 16.6. The van der Waals surface area contributed by atoms with Crippen LogP contribution in [0.2, 0.25) is 0 Å². The van der Waals surface area contributed by atoms with Gasteiger partial charge in [-0.15, -0.1) is 0 Å². The average Bonchev–Trinajstić information content (AvgIpc) is 3.06. The molecular weight excluding hydrogens is 823 g/mol. The lowest BCUT2D eigenvalue weighted by molar-refractivity contribution is -0.953. The number of quaternary nitrogens is 1. The van der Waals surface area contributed by atoms with Crippen LogP contribution in [0.1, 0.15) is 85.5 Å². The molecule has 23 heteroatoms. The Kier molecular flexibility index (Phi) is 13.7. The Labute approximate surface area is 313 Å². The molecule has 0 amide bonds. The van der Waals surface area contributed by atoms with E-state index in [1.807, 2.05) is 0 Å². The molecule has 0 aliphatic rings. The number of benzene rings is 3. The molecule has 0 spiro atoms. The lowest BCUT2D eigenvalue weighted by Gasteiger charge is -2.44. The van der Waals surface area contributed by atoms with Crippen molar-refractivity contribution in [3.8, 4) is 17.2 Å². The van der Waals surface area contributed by atoms with Crippen molar-refractivity contribution in [1.82, 2.24) is 0 Å². The lowest BCUT2D eigenvalue weighted by Crippen LogP contribution is -2.51. The van der Waals surface area contributed by atoms with Gasteiger partial charge in [0.15, 0.2) is 0 Å². The number of alkyl halides is 18. The predicted octanol–water partition coefficient (Wildman–Crippen LogP) is 13.0. The molecule has 1 atom stereocenters. The highest BCUT2D eigenvalue weighted by Gasteiger charge is 2.48. The number of rotatable bonds is 13. The maximum atomic E-state index is 14.8. The molecule has 318 valence electrons. The summed E-state index contributed by atoms with van der Waals surface area (Å²) in [6, 6.07) is -3.25. The summed E-state index contributed by atoms with van der Waals surface area (Å²) in [5.41, 5.74) is -13.5. The van der Waals surface area contributed by atoms with Crippen LogP contribution in [0.15, 0.2) is 48.5 Å². The summed E-state index contributed by atoms with van der Waals surface area (Å²) in [4.78, 5) is 0. The Balaban J connectivity index is 2.52. The molecule has 1 unspecified atom stereocenters. The number of halogens is 18. The molecule has 3 aromatic rings. The molecule has 0 fully saturated rings. The topological polar surface area (TPSA) is 27.7 Å². The monoisotopic (exact) mass is 854 g/mol. The van der Waals surface area contributed by atoms with Gasteiger partial charge in [-0.05, 0) is 69.3 Å². The highest BCUT2D eigenvalue weighted by Crippen LogP contribution is 2.49. The van der Waals surface area contributed by atoms with Crippen molar-refractivity contribution in [2.24, 2.45) is 0 Å². The van der Waals surface area contributed by atoms with Crippen molar-refractivity contribution in [3.05, 3.63) is 87.5 Å². The molecule has 0 aromatic heterocycles. The normalized spacial score (nSPS) is 14.1. The van der Waals surface area contributed by atoms with Gasteiger partial charge < -0.3 is 18.4 Å². The first kappa shape index (κ1) is 47.2. The van der Waals surface area contributed by atoms with Crippen molar-refractivity contribution in [2.75, 3.05) is 19.6 Å². The number of hydrogen-bond donors (Lipinski definition) is 0. The van der Waals surface area contributed by atoms with E-state index in [1.165, 1.54) is 27.7 Å². The van der Waals surface area contributed by atoms with Gasteiger partial charge in [-0.3, -0.25) is 0 Å². The summed E-state index contributed by atoms with van der Waals surface area (Å²) in [5.74, 6) is -4.63. The molecule has 4 nitrogen and oxygen atoms in total. The SMILES string of the molecule is CCCC(c1c(OB(Oc2cc(C(F)(F)F)cc(C(F)(F)F)c2)Oc2cc(C(F)(F)F)cc(C(F)(F)F)c2)cc(C(F)(F)F)cc1C(F)(F)F)[N+](CC)(CC)CC. The van der Waals surface area contributed by atoms with E-state index in [-0.39, 0.29) is 73.4 Å². The molecule has 0 aliphatic carbocycles. The molecule has 0 heterocycles. The van der Waals surface area contributed by atoms with E-state index >= 15 is 0 Å². The molecule has 0 N–H and O–H groups in total. The third-order valence-corrected chi connectivity index (χ3v) is 9.03. The van der Waals surface area contributed by atoms with Gasteiger partial charge in [-0.25, -0.2) is 0 Å². The van der Waals surface area contributed by atoms with Crippen LogP contribution in [0, 0.1) is 0 Å². The van der Waals surface area contributed by atoms with Crippen LogP contribution in [0.5, 0.6) is 17.2 Å². The molecule has 0 radical (unpaired) electrons. The molecular formula is C34H31BF18NO3+. The van der Waals surface area contributed by atoms with E-state index in [9.17, 15) is 79.0 Å². The summed E-state index contributed by atoms with van der Waals surface area (Å²) < 4.78 is 267. The second kappa shape index (κ2) is 16.6. The van der Waals surface area contributed by atoms with E-state index in [4.69, 9.17) is 14.0 Å². The van der Waals surface area contributed by atoms with Gasteiger partial charge in [0, 0.05) is 6.42 Å².